The van der Waals surface area contributed by atoms with E-state index in [0.29, 0.717) is 5.92 Å². The number of anilines is 1. The lowest BCUT2D eigenvalue weighted by molar-refractivity contribution is 0.795. The molecule has 0 heterocycles. The summed E-state index contributed by atoms with van der Waals surface area (Å²) in [6.07, 6.45) is 0. The second kappa shape index (κ2) is 5.74. The molecule has 0 fully saturated rings. The zero-order valence-electron chi connectivity index (χ0n) is 14.8. The van der Waals surface area contributed by atoms with E-state index in [1.165, 1.54) is 38.6 Å². The van der Waals surface area contributed by atoms with Gasteiger partial charge in [0.05, 0.1) is 0 Å². The number of nitrogens with two attached hydrogens (primary N) is 1. The van der Waals surface area contributed by atoms with Crippen molar-refractivity contribution in [3.63, 3.8) is 0 Å². The van der Waals surface area contributed by atoms with Crippen LogP contribution in [0.2, 0.25) is 0 Å². The first-order chi connectivity index (χ1) is 12.7. The molecule has 2 N–H and O–H groups in total. The molecule has 26 heavy (non-hydrogen) atoms. The highest BCUT2D eigenvalue weighted by Crippen LogP contribution is 2.46. The van der Waals surface area contributed by atoms with Crippen LogP contribution in [0, 0.1) is 0 Å². The fourth-order valence-corrected chi connectivity index (χ4v) is 4.49. The molecule has 0 unspecified atom stereocenters. The standard InChI is InChI=1S/C25H21N/c1-16-21-6-2-4-8-23(21)25(24-9-5-3-7-22(16)24)18-11-10-17-12-13-20(26)15-19(17)14-18/h2-16,25H,26H2,1H3. The van der Waals surface area contributed by atoms with Gasteiger partial charge in [-0.25, -0.2) is 0 Å². The van der Waals surface area contributed by atoms with Gasteiger partial charge in [-0.3, -0.25) is 0 Å². The number of hydrogen-bond acceptors (Lipinski definition) is 1. The van der Waals surface area contributed by atoms with E-state index in [1.807, 2.05) is 6.07 Å². The van der Waals surface area contributed by atoms with Crippen LogP contribution in [0.4, 0.5) is 5.69 Å². The minimum atomic E-state index is 0.268. The lowest BCUT2D eigenvalue weighted by Crippen LogP contribution is -2.17. The van der Waals surface area contributed by atoms with Crippen molar-refractivity contribution in [1.82, 2.24) is 0 Å². The van der Waals surface area contributed by atoms with Crippen LogP contribution in [0.1, 0.15) is 46.6 Å². The Morgan fingerprint density at radius 1 is 0.615 bits per heavy atom. The average Bonchev–Trinajstić information content (AvgIpc) is 2.68. The van der Waals surface area contributed by atoms with Crippen LogP contribution in [0.3, 0.4) is 0 Å². The van der Waals surface area contributed by atoms with Crippen molar-refractivity contribution in [1.29, 1.82) is 0 Å². The first-order valence-corrected chi connectivity index (χ1v) is 9.19. The molecule has 0 aliphatic heterocycles. The predicted octanol–water partition coefficient (Wildman–Crippen LogP) is 6.07. The van der Waals surface area contributed by atoms with E-state index in [0.717, 1.165) is 5.69 Å². The molecule has 0 radical (unpaired) electrons. The molecule has 0 saturated carbocycles. The SMILES string of the molecule is CC1c2ccccc2C(c2ccc3ccc(N)cc3c2)c2ccccc21. The Kier molecular flexibility index (Phi) is 3.36. The summed E-state index contributed by atoms with van der Waals surface area (Å²) in [7, 11) is 0. The average molecular weight is 335 g/mol. The first-order valence-electron chi connectivity index (χ1n) is 9.19. The van der Waals surface area contributed by atoms with Gasteiger partial charge in [0.25, 0.3) is 0 Å². The quantitative estimate of drug-likeness (QED) is 0.420. The van der Waals surface area contributed by atoms with Gasteiger partial charge in [0.15, 0.2) is 0 Å². The molecule has 4 aromatic rings. The molecule has 5 rings (SSSR count). The summed E-state index contributed by atoms with van der Waals surface area (Å²) in [6.45, 7) is 2.31. The number of rotatable bonds is 1. The Morgan fingerprint density at radius 3 is 1.85 bits per heavy atom. The zero-order valence-corrected chi connectivity index (χ0v) is 14.8. The highest BCUT2D eigenvalue weighted by molar-refractivity contribution is 5.86. The van der Waals surface area contributed by atoms with E-state index in [-0.39, 0.29) is 5.92 Å². The lowest BCUT2D eigenvalue weighted by Gasteiger charge is -2.33. The maximum Gasteiger partial charge on any atom is 0.0346 e. The van der Waals surface area contributed by atoms with E-state index in [2.05, 4.69) is 85.8 Å². The Hall–Kier alpha value is -3.06. The van der Waals surface area contributed by atoms with Crippen molar-refractivity contribution < 1.29 is 0 Å². The monoisotopic (exact) mass is 335 g/mol. The summed E-state index contributed by atoms with van der Waals surface area (Å²) >= 11 is 0. The minimum absolute atomic E-state index is 0.268. The Balaban J connectivity index is 1.78. The van der Waals surface area contributed by atoms with Crippen molar-refractivity contribution >= 4 is 16.5 Å². The van der Waals surface area contributed by atoms with E-state index in [9.17, 15) is 0 Å². The molecule has 126 valence electrons. The topological polar surface area (TPSA) is 26.0 Å². The molecule has 0 aromatic heterocycles. The molecule has 0 bridgehead atoms. The molecule has 1 nitrogen and oxygen atoms in total. The van der Waals surface area contributed by atoms with Gasteiger partial charge in [-0.15, -0.1) is 0 Å². The molecule has 0 spiro atoms. The molecule has 0 amide bonds. The fraction of sp³-hybridized carbons (Fsp3) is 0.120. The lowest BCUT2D eigenvalue weighted by atomic mass is 9.70. The number of fused-ring (bicyclic) bond motifs is 3. The zero-order chi connectivity index (χ0) is 17.7. The van der Waals surface area contributed by atoms with Gasteiger partial charge in [-0.1, -0.05) is 79.7 Å². The molecule has 1 aliphatic rings. The van der Waals surface area contributed by atoms with E-state index in [1.54, 1.807) is 0 Å². The van der Waals surface area contributed by atoms with Gasteiger partial charge in [0, 0.05) is 17.5 Å². The Labute approximate surface area is 154 Å². The summed E-state index contributed by atoms with van der Waals surface area (Å²) < 4.78 is 0. The molecule has 0 atom stereocenters. The molecular weight excluding hydrogens is 314 g/mol. The van der Waals surface area contributed by atoms with Gasteiger partial charge >= 0.3 is 0 Å². The number of benzene rings is 4. The molecule has 4 aromatic carbocycles. The van der Waals surface area contributed by atoms with Gasteiger partial charge in [-0.05, 0) is 50.7 Å². The van der Waals surface area contributed by atoms with Crippen LogP contribution in [0.15, 0.2) is 84.9 Å². The number of nitrogen functional groups attached to an aromatic ring is 1. The van der Waals surface area contributed by atoms with E-state index >= 15 is 0 Å². The third-order valence-electron chi connectivity index (χ3n) is 5.77. The molecule has 1 aliphatic carbocycles. The van der Waals surface area contributed by atoms with Crippen LogP contribution in [0.25, 0.3) is 10.8 Å². The van der Waals surface area contributed by atoms with Crippen LogP contribution >= 0.6 is 0 Å². The predicted molar refractivity (Wildman–Crippen MR) is 110 cm³/mol. The third-order valence-corrected chi connectivity index (χ3v) is 5.77. The highest BCUT2D eigenvalue weighted by atomic mass is 14.5. The maximum atomic E-state index is 6.02. The van der Waals surface area contributed by atoms with E-state index < -0.39 is 0 Å². The first kappa shape index (κ1) is 15.2. The van der Waals surface area contributed by atoms with Gasteiger partial charge in [0.1, 0.15) is 0 Å². The van der Waals surface area contributed by atoms with Gasteiger partial charge in [-0.2, -0.15) is 0 Å². The van der Waals surface area contributed by atoms with Gasteiger partial charge in [0.2, 0.25) is 0 Å². The van der Waals surface area contributed by atoms with Crippen molar-refractivity contribution in [2.45, 2.75) is 18.8 Å². The molecular formula is C25H21N. The summed E-state index contributed by atoms with van der Waals surface area (Å²) in [5.74, 6) is 0.694. The normalized spacial score (nSPS) is 18.3. The van der Waals surface area contributed by atoms with Crippen LogP contribution in [0.5, 0.6) is 0 Å². The van der Waals surface area contributed by atoms with Crippen LogP contribution in [-0.2, 0) is 0 Å². The summed E-state index contributed by atoms with van der Waals surface area (Å²) in [4.78, 5) is 0. The third kappa shape index (κ3) is 2.24. The summed E-state index contributed by atoms with van der Waals surface area (Å²) in [5.41, 5.74) is 13.9. The second-order valence-electron chi connectivity index (χ2n) is 7.28. The van der Waals surface area contributed by atoms with Crippen LogP contribution in [-0.4, -0.2) is 0 Å². The number of hydrogen-bond donors (Lipinski definition) is 1. The maximum absolute atomic E-state index is 6.02. The largest absolute Gasteiger partial charge is 0.399 e. The van der Waals surface area contributed by atoms with Gasteiger partial charge < -0.3 is 5.73 Å². The van der Waals surface area contributed by atoms with Crippen LogP contribution < -0.4 is 5.73 Å². The highest BCUT2D eigenvalue weighted by Gasteiger charge is 2.30. The van der Waals surface area contributed by atoms with Crippen molar-refractivity contribution in [3.8, 4) is 0 Å². The summed E-state index contributed by atoms with van der Waals surface area (Å²) in [5, 5.41) is 2.43. The minimum Gasteiger partial charge on any atom is -0.399 e. The molecule has 1 heteroatoms. The summed E-state index contributed by atoms with van der Waals surface area (Å²) in [6, 6.07) is 30.7. The smallest absolute Gasteiger partial charge is 0.0346 e. The van der Waals surface area contributed by atoms with Crippen molar-refractivity contribution in [2.75, 3.05) is 5.73 Å². The van der Waals surface area contributed by atoms with E-state index in [4.69, 9.17) is 5.73 Å². The fourth-order valence-electron chi connectivity index (χ4n) is 4.49. The Morgan fingerprint density at radius 2 is 1.19 bits per heavy atom. The van der Waals surface area contributed by atoms with Crippen molar-refractivity contribution in [2.24, 2.45) is 0 Å². The second-order valence-corrected chi connectivity index (χ2v) is 7.28. The van der Waals surface area contributed by atoms with Crippen molar-refractivity contribution in [3.05, 3.63) is 113 Å². The molecule has 0 saturated heterocycles. The Bertz CT molecular complexity index is 1080.